The number of ether oxygens (including phenoxy) is 1. The van der Waals surface area contributed by atoms with Crippen LogP contribution in [0.15, 0.2) is 24.3 Å². The summed E-state index contributed by atoms with van der Waals surface area (Å²) in [6.45, 7) is 4.89. The van der Waals surface area contributed by atoms with Gasteiger partial charge in [0.05, 0.1) is 0 Å². The molecule has 0 spiro atoms. The maximum absolute atomic E-state index is 12.2. The number of hydrazine groups is 1. The summed E-state index contributed by atoms with van der Waals surface area (Å²) in [4.78, 5) is 36.2. The van der Waals surface area contributed by atoms with Gasteiger partial charge in [-0.2, -0.15) is 5.01 Å². The number of benzene rings is 1. The summed E-state index contributed by atoms with van der Waals surface area (Å²) in [6, 6.07) is 5.84. The lowest BCUT2D eigenvalue weighted by atomic mass is 10.00. The molecule has 0 radical (unpaired) electrons. The lowest BCUT2D eigenvalue weighted by Crippen LogP contribution is -2.51. The molecule has 23 heavy (non-hydrogen) atoms. The number of hydrogen-bond acceptors (Lipinski definition) is 4. The second-order valence-electron chi connectivity index (χ2n) is 5.45. The molecule has 1 aliphatic rings. The molecule has 0 bridgehead atoms. The Bertz CT molecular complexity index is 634. The van der Waals surface area contributed by atoms with Crippen LogP contribution in [-0.2, 0) is 9.59 Å². The van der Waals surface area contributed by atoms with E-state index in [2.05, 4.69) is 10.7 Å². The molecule has 0 aromatic heterocycles. The third kappa shape index (κ3) is 3.56. The average molecular weight is 340 g/mol. The molecule has 4 amide bonds. The monoisotopic (exact) mass is 339 g/mol. The molecule has 124 valence electrons. The highest BCUT2D eigenvalue weighted by atomic mass is 35.5. The Balaban J connectivity index is 2.00. The summed E-state index contributed by atoms with van der Waals surface area (Å²) in [7, 11) is 0. The fourth-order valence-corrected chi connectivity index (χ4v) is 2.12. The van der Waals surface area contributed by atoms with E-state index in [9.17, 15) is 14.4 Å². The van der Waals surface area contributed by atoms with Gasteiger partial charge < -0.3 is 10.1 Å². The molecule has 7 nitrogen and oxygen atoms in total. The van der Waals surface area contributed by atoms with Gasteiger partial charge in [-0.1, -0.05) is 18.5 Å². The van der Waals surface area contributed by atoms with Crippen molar-refractivity contribution < 1.29 is 19.1 Å². The number of nitrogens with one attached hydrogen (secondary N) is 2. The predicted molar refractivity (Wildman–Crippen MR) is 83.8 cm³/mol. The quantitative estimate of drug-likeness (QED) is 0.801. The largest absolute Gasteiger partial charge is 0.481 e. The molecule has 2 N–H and O–H groups in total. The van der Waals surface area contributed by atoms with Gasteiger partial charge in [-0.3, -0.25) is 15.0 Å². The molecule has 1 aromatic rings. The molecular weight excluding hydrogens is 322 g/mol. The Morgan fingerprint density at radius 3 is 2.52 bits per heavy atom. The second-order valence-corrected chi connectivity index (χ2v) is 5.88. The van der Waals surface area contributed by atoms with Crippen LogP contribution in [0.4, 0.5) is 4.79 Å². The zero-order valence-corrected chi connectivity index (χ0v) is 13.8. The minimum absolute atomic E-state index is 0.417. The fraction of sp³-hybridized carbons (Fsp3) is 0.400. The average Bonchev–Trinajstić information content (AvgIpc) is 2.73. The van der Waals surface area contributed by atoms with Crippen molar-refractivity contribution in [1.29, 1.82) is 0 Å². The van der Waals surface area contributed by atoms with Gasteiger partial charge in [-0.25, -0.2) is 4.79 Å². The van der Waals surface area contributed by atoms with E-state index in [0.717, 1.165) is 0 Å². The standard InChI is InChI=1S/C15H18ClN3O4/c1-4-15(3)13(21)19(14(22)17-15)18-12(20)9(2)23-11-7-5-10(16)6-8-11/h5-9H,4H2,1-3H3,(H,17,22)(H,18,20)/t9-,15+/m1/s1. The molecule has 0 aliphatic carbocycles. The summed E-state index contributed by atoms with van der Waals surface area (Å²) in [5.41, 5.74) is 1.27. The van der Waals surface area contributed by atoms with E-state index >= 15 is 0 Å². The van der Waals surface area contributed by atoms with Crippen molar-refractivity contribution in [2.75, 3.05) is 0 Å². The molecule has 8 heteroatoms. The first-order chi connectivity index (χ1) is 10.8. The van der Waals surface area contributed by atoms with Crippen LogP contribution >= 0.6 is 11.6 Å². The normalized spacial score (nSPS) is 21.8. The van der Waals surface area contributed by atoms with Crippen molar-refractivity contribution >= 4 is 29.4 Å². The van der Waals surface area contributed by atoms with Crippen molar-refractivity contribution in [3.63, 3.8) is 0 Å². The van der Waals surface area contributed by atoms with Crippen LogP contribution in [0.25, 0.3) is 0 Å². The highest BCUT2D eigenvalue weighted by Gasteiger charge is 2.47. The van der Waals surface area contributed by atoms with Crippen LogP contribution in [0.1, 0.15) is 27.2 Å². The van der Waals surface area contributed by atoms with Crippen molar-refractivity contribution in [3.8, 4) is 5.75 Å². The molecule has 2 rings (SSSR count). The van der Waals surface area contributed by atoms with Crippen LogP contribution in [0, 0.1) is 0 Å². The number of urea groups is 1. The number of imide groups is 1. The number of carbonyl (C=O) groups is 3. The van der Waals surface area contributed by atoms with E-state index < -0.39 is 29.5 Å². The van der Waals surface area contributed by atoms with Crippen LogP contribution in [-0.4, -0.2) is 34.5 Å². The predicted octanol–water partition coefficient (Wildman–Crippen LogP) is 1.86. The van der Waals surface area contributed by atoms with E-state index in [1.807, 2.05) is 0 Å². The third-order valence-corrected chi connectivity index (χ3v) is 3.94. The first-order valence-corrected chi connectivity index (χ1v) is 7.54. The van der Waals surface area contributed by atoms with Gasteiger partial charge in [0.1, 0.15) is 11.3 Å². The first kappa shape index (κ1) is 17.1. The highest BCUT2D eigenvalue weighted by molar-refractivity contribution is 6.30. The number of amides is 4. The first-order valence-electron chi connectivity index (χ1n) is 7.16. The van der Waals surface area contributed by atoms with Crippen molar-refractivity contribution in [3.05, 3.63) is 29.3 Å². The van der Waals surface area contributed by atoms with Crippen LogP contribution < -0.4 is 15.5 Å². The number of halogens is 1. The molecule has 1 aliphatic heterocycles. The Morgan fingerprint density at radius 2 is 2.00 bits per heavy atom. The Hall–Kier alpha value is -2.28. The van der Waals surface area contributed by atoms with Crippen LogP contribution in [0.5, 0.6) is 5.75 Å². The van der Waals surface area contributed by atoms with E-state index in [1.54, 1.807) is 38.1 Å². The van der Waals surface area contributed by atoms with E-state index in [4.69, 9.17) is 16.3 Å². The molecule has 0 unspecified atom stereocenters. The number of carbonyl (C=O) groups excluding carboxylic acids is 3. The maximum Gasteiger partial charge on any atom is 0.344 e. The Labute approximate surface area is 138 Å². The van der Waals surface area contributed by atoms with Gasteiger partial charge in [0.2, 0.25) is 0 Å². The van der Waals surface area contributed by atoms with E-state index in [-0.39, 0.29) is 0 Å². The summed E-state index contributed by atoms with van der Waals surface area (Å²) in [5, 5.41) is 3.78. The van der Waals surface area contributed by atoms with Crippen LogP contribution in [0.2, 0.25) is 5.02 Å². The molecular formula is C15H18ClN3O4. The Morgan fingerprint density at radius 1 is 1.39 bits per heavy atom. The molecule has 1 heterocycles. The summed E-state index contributed by atoms with van der Waals surface area (Å²) in [5.74, 6) is -0.659. The summed E-state index contributed by atoms with van der Waals surface area (Å²) >= 11 is 5.77. The molecule has 2 atom stereocenters. The van der Waals surface area contributed by atoms with Gasteiger partial charge in [0.15, 0.2) is 6.10 Å². The smallest absolute Gasteiger partial charge is 0.344 e. The molecule has 1 aromatic carbocycles. The molecule has 0 saturated carbocycles. The van der Waals surface area contributed by atoms with Gasteiger partial charge in [0.25, 0.3) is 11.8 Å². The number of hydrogen-bond donors (Lipinski definition) is 2. The summed E-state index contributed by atoms with van der Waals surface area (Å²) in [6.07, 6.45) is -0.480. The second kappa shape index (κ2) is 6.45. The van der Waals surface area contributed by atoms with Crippen molar-refractivity contribution in [1.82, 2.24) is 15.8 Å². The van der Waals surface area contributed by atoms with Gasteiger partial charge in [-0.15, -0.1) is 0 Å². The number of rotatable bonds is 5. The minimum Gasteiger partial charge on any atom is -0.481 e. The summed E-state index contributed by atoms with van der Waals surface area (Å²) < 4.78 is 5.45. The van der Waals surface area contributed by atoms with Gasteiger partial charge in [-0.05, 0) is 44.5 Å². The highest BCUT2D eigenvalue weighted by Crippen LogP contribution is 2.20. The lowest BCUT2D eigenvalue weighted by molar-refractivity contribution is -0.141. The zero-order valence-electron chi connectivity index (χ0n) is 13.1. The lowest BCUT2D eigenvalue weighted by Gasteiger charge is -2.21. The fourth-order valence-electron chi connectivity index (χ4n) is 2.00. The minimum atomic E-state index is -1.01. The maximum atomic E-state index is 12.2. The topological polar surface area (TPSA) is 87.7 Å². The Kier molecular flexibility index (Phi) is 4.79. The zero-order chi connectivity index (χ0) is 17.2. The molecule has 1 saturated heterocycles. The van der Waals surface area contributed by atoms with Gasteiger partial charge in [0, 0.05) is 5.02 Å². The van der Waals surface area contributed by atoms with Crippen LogP contribution in [0.3, 0.4) is 0 Å². The SMILES string of the molecule is CC[C@]1(C)NC(=O)N(NC(=O)[C@@H](C)Oc2ccc(Cl)cc2)C1=O. The van der Waals surface area contributed by atoms with E-state index in [0.29, 0.717) is 22.2 Å². The molecule has 1 fully saturated rings. The van der Waals surface area contributed by atoms with Crippen molar-refractivity contribution in [2.45, 2.75) is 38.8 Å². The number of nitrogens with zero attached hydrogens (tertiary/aromatic N) is 1. The third-order valence-electron chi connectivity index (χ3n) is 3.69. The van der Waals surface area contributed by atoms with Gasteiger partial charge >= 0.3 is 6.03 Å². The van der Waals surface area contributed by atoms with E-state index in [1.165, 1.54) is 6.92 Å². The van der Waals surface area contributed by atoms with Crippen molar-refractivity contribution in [2.24, 2.45) is 0 Å².